The fourth-order valence-electron chi connectivity index (χ4n) is 2.27. The number of carbonyl (C=O) groups excluding carboxylic acids is 1. The first kappa shape index (κ1) is 13.3. The van der Waals surface area contributed by atoms with Crippen LogP contribution in [0.3, 0.4) is 0 Å². The zero-order valence-electron chi connectivity index (χ0n) is 11.3. The molecule has 0 aromatic carbocycles. The lowest BCUT2D eigenvalue weighted by Crippen LogP contribution is -2.61. The fourth-order valence-corrected chi connectivity index (χ4v) is 3.04. The van der Waals surface area contributed by atoms with E-state index in [9.17, 15) is 9.90 Å². The zero-order valence-corrected chi connectivity index (χ0v) is 12.1. The van der Waals surface area contributed by atoms with E-state index < -0.39 is 0 Å². The second-order valence-electron chi connectivity index (χ2n) is 5.61. The van der Waals surface area contributed by atoms with Crippen LogP contribution in [-0.2, 0) is 0 Å². The molecule has 6 heteroatoms. The number of nitrogens with zero attached hydrogens (tertiary/aromatic N) is 1. The number of amides is 1. The number of nitrogens with one attached hydrogen (secondary N) is 1. The molecule has 2 aromatic heterocycles. The maximum atomic E-state index is 12.1. The highest BCUT2D eigenvalue weighted by Crippen LogP contribution is 2.40. The van der Waals surface area contributed by atoms with Crippen LogP contribution in [-0.4, -0.2) is 28.1 Å². The van der Waals surface area contributed by atoms with Gasteiger partial charge in [-0.3, -0.25) is 4.79 Å². The van der Waals surface area contributed by atoms with Crippen LogP contribution in [0.1, 0.15) is 30.8 Å². The van der Waals surface area contributed by atoms with Crippen LogP contribution in [0.25, 0.3) is 10.8 Å². The molecule has 0 aliphatic heterocycles. The minimum atomic E-state index is -0.359. The van der Waals surface area contributed by atoms with E-state index in [1.54, 1.807) is 17.7 Å². The smallest absolute Gasteiger partial charge is 0.271 e. The molecule has 0 saturated heterocycles. The molecule has 1 fully saturated rings. The Morgan fingerprint density at radius 1 is 1.60 bits per heavy atom. The zero-order chi connectivity index (χ0) is 14.3. The third-order valence-electron chi connectivity index (χ3n) is 3.99. The summed E-state index contributed by atoms with van der Waals surface area (Å²) in [5.41, 5.74) is 0.105. The predicted molar refractivity (Wildman–Crippen MR) is 75.5 cm³/mol. The molecular weight excluding hydrogens is 276 g/mol. The second-order valence-corrected chi connectivity index (χ2v) is 6.47. The summed E-state index contributed by atoms with van der Waals surface area (Å²) in [5.74, 6) is 0.456. The summed E-state index contributed by atoms with van der Waals surface area (Å²) < 4.78 is 5.26. The molecule has 106 valence electrons. The minimum Gasteiger partial charge on any atom is -0.462 e. The van der Waals surface area contributed by atoms with Gasteiger partial charge in [-0.15, -0.1) is 11.3 Å². The van der Waals surface area contributed by atoms with Crippen molar-refractivity contribution < 1.29 is 14.3 Å². The van der Waals surface area contributed by atoms with Crippen LogP contribution in [0.2, 0.25) is 0 Å². The molecule has 1 aliphatic carbocycles. The highest BCUT2D eigenvalue weighted by molar-refractivity contribution is 7.13. The Bertz CT molecular complexity index is 618. The van der Waals surface area contributed by atoms with Crippen LogP contribution in [0, 0.1) is 5.41 Å². The Morgan fingerprint density at radius 2 is 2.40 bits per heavy atom. The first-order chi connectivity index (χ1) is 9.48. The van der Waals surface area contributed by atoms with Crippen LogP contribution < -0.4 is 5.32 Å². The van der Waals surface area contributed by atoms with Gasteiger partial charge in [0, 0.05) is 16.8 Å². The number of furan rings is 1. The Morgan fingerprint density at radius 3 is 3.00 bits per heavy atom. The van der Waals surface area contributed by atoms with Gasteiger partial charge in [0.15, 0.2) is 10.8 Å². The number of aliphatic hydroxyl groups excluding tert-OH is 1. The third-order valence-corrected chi connectivity index (χ3v) is 4.85. The van der Waals surface area contributed by atoms with E-state index in [1.807, 2.05) is 19.9 Å². The van der Waals surface area contributed by atoms with Crippen molar-refractivity contribution in [2.45, 2.75) is 32.4 Å². The molecule has 0 bridgehead atoms. The Labute approximate surface area is 120 Å². The SMILES string of the molecule is CC1(C)C(O)CC1NC(=O)c1csc(-c2ccco2)n1. The van der Waals surface area contributed by atoms with Crippen LogP contribution >= 0.6 is 11.3 Å². The number of rotatable bonds is 3. The van der Waals surface area contributed by atoms with Crippen LogP contribution in [0.4, 0.5) is 0 Å². The van der Waals surface area contributed by atoms with Crippen molar-refractivity contribution >= 4 is 17.2 Å². The molecule has 2 atom stereocenters. The summed E-state index contributed by atoms with van der Waals surface area (Å²) in [4.78, 5) is 16.4. The lowest BCUT2D eigenvalue weighted by molar-refractivity contribution is -0.0690. The monoisotopic (exact) mass is 292 g/mol. The largest absolute Gasteiger partial charge is 0.462 e. The minimum absolute atomic E-state index is 0.0150. The van der Waals surface area contributed by atoms with E-state index in [4.69, 9.17) is 4.42 Å². The molecule has 0 spiro atoms. The summed E-state index contributed by atoms with van der Waals surface area (Å²) >= 11 is 1.37. The Balaban J connectivity index is 1.70. The van der Waals surface area contributed by atoms with E-state index in [-0.39, 0.29) is 23.5 Å². The fraction of sp³-hybridized carbons (Fsp3) is 0.429. The van der Waals surface area contributed by atoms with Gasteiger partial charge in [-0.1, -0.05) is 13.8 Å². The maximum Gasteiger partial charge on any atom is 0.271 e. The first-order valence-corrected chi connectivity index (χ1v) is 7.35. The molecule has 3 rings (SSSR count). The summed E-state index contributed by atoms with van der Waals surface area (Å²) in [6, 6.07) is 3.58. The van der Waals surface area contributed by atoms with Gasteiger partial charge in [0.05, 0.1) is 12.4 Å². The van der Waals surface area contributed by atoms with Gasteiger partial charge >= 0.3 is 0 Å². The van der Waals surface area contributed by atoms with E-state index in [0.29, 0.717) is 22.9 Å². The Hall–Kier alpha value is -1.66. The first-order valence-electron chi connectivity index (χ1n) is 6.47. The van der Waals surface area contributed by atoms with Gasteiger partial charge in [0.25, 0.3) is 5.91 Å². The molecule has 1 saturated carbocycles. The molecule has 1 amide bonds. The van der Waals surface area contributed by atoms with Crippen molar-refractivity contribution in [1.82, 2.24) is 10.3 Å². The molecule has 0 radical (unpaired) electrons. The summed E-state index contributed by atoms with van der Waals surface area (Å²) in [6.45, 7) is 3.89. The lowest BCUT2D eigenvalue weighted by atomic mass is 9.64. The number of thiazole rings is 1. The number of carbonyl (C=O) groups is 1. The van der Waals surface area contributed by atoms with Crippen molar-refractivity contribution in [3.63, 3.8) is 0 Å². The van der Waals surface area contributed by atoms with Gasteiger partial charge in [-0.25, -0.2) is 4.98 Å². The van der Waals surface area contributed by atoms with Gasteiger partial charge in [-0.05, 0) is 18.6 Å². The number of aromatic nitrogens is 1. The van der Waals surface area contributed by atoms with Crippen molar-refractivity contribution in [3.05, 3.63) is 29.5 Å². The van der Waals surface area contributed by atoms with Crippen LogP contribution in [0.15, 0.2) is 28.2 Å². The number of hydrogen-bond donors (Lipinski definition) is 2. The van der Waals surface area contributed by atoms with Crippen molar-refractivity contribution in [2.24, 2.45) is 5.41 Å². The third kappa shape index (κ3) is 2.14. The highest BCUT2D eigenvalue weighted by atomic mass is 32.1. The molecule has 2 heterocycles. The number of aliphatic hydroxyl groups is 1. The van der Waals surface area contributed by atoms with Gasteiger partial charge < -0.3 is 14.8 Å². The van der Waals surface area contributed by atoms with Gasteiger partial charge in [0.1, 0.15) is 5.69 Å². The topological polar surface area (TPSA) is 75.4 Å². The van der Waals surface area contributed by atoms with E-state index >= 15 is 0 Å². The maximum absolute atomic E-state index is 12.1. The van der Waals surface area contributed by atoms with Gasteiger partial charge in [-0.2, -0.15) is 0 Å². The highest BCUT2D eigenvalue weighted by Gasteiger charge is 2.48. The normalized spacial score (nSPS) is 24.1. The molecule has 2 N–H and O–H groups in total. The molecule has 20 heavy (non-hydrogen) atoms. The molecule has 2 unspecified atom stereocenters. The quantitative estimate of drug-likeness (QED) is 0.910. The van der Waals surface area contributed by atoms with Crippen molar-refractivity contribution in [2.75, 3.05) is 0 Å². The van der Waals surface area contributed by atoms with Gasteiger partial charge in [0.2, 0.25) is 0 Å². The average molecular weight is 292 g/mol. The number of hydrogen-bond acceptors (Lipinski definition) is 5. The van der Waals surface area contributed by atoms with E-state index in [2.05, 4.69) is 10.3 Å². The average Bonchev–Trinajstić information content (AvgIpc) is 3.09. The van der Waals surface area contributed by atoms with E-state index in [0.717, 1.165) is 0 Å². The molecule has 1 aliphatic rings. The summed E-state index contributed by atoms with van der Waals surface area (Å²) in [5, 5.41) is 15.0. The van der Waals surface area contributed by atoms with Crippen molar-refractivity contribution in [1.29, 1.82) is 0 Å². The molecule has 5 nitrogen and oxygen atoms in total. The summed E-state index contributed by atoms with van der Waals surface area (Å²) in [6.07, 6.45) is 1.81. The molecular formula is C14H16N2O3S. The van der Waals surface area contributed by atoms with Crippen LogP contribution in [0.5, 0.6) is 0 Å². The van der Waals surface area contributed by atoms with Crippen molar-refractivity contribution in [3.8, 4) is 10.8 Å². The lowest BCUT2D eigenvalue weighted by Gasteiger charge is -2.49. The predicted octanol–water partition coefficient (Wildman–Crippen LogP) is 2.29. The molecule has 2 aromatic rings. The standard InChI is InChI=1S/C14H16N2O3S/c1-14(2)10(6-11(14)17)16-12(18)8-7-20-13(15-8)9-4-3-5-19-9/h3-5,7,10-11,17H,6H2,1-2H3,(H,16,18). The summed E-state index contributed by atoms with van der Waals surface area (Å²) in [7, 11) is 0. The van der Waals surface area contributed by atoms with E-state index in [1.165, 1.54) is 11.3 Å². The second kappa shape index (κ2) is 4.71. The Kier molecular flexibility index (Phi) is 3.14.